The smallest absolute Gasteiger partial charge is 0.127 e. The van der Waals surface area contributed by atoms with Gasteiger partial charge < -0.3 is 29.2 Å². The molecule has 0 aliphatic carbocycles. The number of aromatic hydroxyl groups is 2. The average molecular weight is 515 g/mol. The van der Waals surface area contributed by atoms with Gasteiger partial charge in [-0.25, -0.2) is 0 Å². The standard InChI is InChI=1S/C32H34O6/c1-35-29-19-27(31(37-3)17-23(29)11-5-21-7-13-25(33)14-8-21)28-20-30(36-2)24(18-32(28)38-4)12-6-22-9-15-26(34)16-10-22/h7-10,13-20,33-34H,5-6,11-12H2,1-4H3. The third-order valence-corrected chi connectivity index (χ3v) is 6.73. The summed E-state index contributed by atoms with van der Waals surface area (Å²) in [6.45, 7) is 0. The molecule has 0 aromatic heterocycles. The lowest BCUT2D eigenvalue weighted by Gasteiger charge is -2.19. The molecule has 0 bridgehead atoms. The molecule has 0 atom stereocenters. The van der Waals surface area contributed by atoms with Crippen molar-refractivity contribution < 1.29 is 29.2 Å². The van der Waals surface area contributed by atoms with Crippen molar-refractivity contribution in [2.45, 2.75) is 25.7 Å². The van der Waals surface area contributed by atoms with Crippen LogP contribution in [0.1, 0.15) is 22.3 Å². The third-order valence-electron chi connectivity index (χ3n) is 6.73. The van der Waals surface area contributed by atoms with E-state index in [-0.39, 0.29) is 11.5 Å². The number of hydrogen-bond acceptors (Lipinski definition) is 6. The summed E-state index contributed by atoms with van der Waals surface area (Å²) in [6.07, 6.45) is 3.10. The fourth-order valence-electron chi connectivity index (χ4n) is 4.62. The van der Waals surface area contributed by atoms with Gasteiger partial charge in [-0.15, -0.1) is 0 Å². The van der Waals surface area contributed by atoms with Gasteiger partial charge in [-0.3, -0.25) is 0 Å². The summed E-state index contributed by atoms with van der Waals surface area (Å²) >= 11 is 0. The Hall–Kier alpha value is -4.32. The first-order valence-corrected chi connectivity index (χ1v) is 12.5. The Morgan fingerprint density at radius 2 is 0.789 bits per heavy atom. The van der Waals surface area contributed by atoms with E-state index in [2.05, 4.69) is 0 Å². The highest BCUT2D eigenvalue weighted by Gasteiger charge is 2.19. The van der Waals surface area contributed by atoms with Crippen molar-refractivity contribution in [3.8, 4) is 45.6 Å². The lowest BCUT2D eigenvalue weighted by Crippen LogP contribution is -2.01. The van der Waals surface area contributed by atoms with Gasteiger partial charge in [0, 0.05) is 11.1 Å². The Morgan fingerprint density at radius 3 is 1.11 bits per heavy atom. The number of phenolic OH excluding ortho intramolecular Hbond substituents is 2. The fraction of sp³-hybridized carbons (Fsp3) is 0.250. The molecular formula is C32H34O6. The molecule has 4 aromatic rings. The first-order valence-electron chi connectivity index (χ1n) is 12.5. The monoisotopic (exact) mass is 514 g/mol. The number of ether oxygens (including phenoxy) is 4. The van der Waals surface area contributed by atoms with Crippen molar-refractivity contribution in [3.63, 3.8) is 0 Å². The van der Waals surface area contributed by atoms with Crippen LogP contribution in [0, 0.1) is 0 Å². The molecule has 0 saturated heterocycles. The highest BCUT2D eigenvalue weighted by molar-refractivity contribution is 5.79. The number of methoxy groups -OCH3 is 4. The molecule has 0 fully saturated rings. The van der Waals surface area contributed by atoms with Crippen LogP contribution in [0.15, 0.2) is 72.8 Å². The summed E-state index contributed by atoms with van der Waals surface area (Å²) in [7, 11) is 6.65. The summed E-state index contributed by atoms with van der Waals surface area (Å²) in [6, 6.07) is 22.5. The lowest BCUT2D eigenvalue weighted by molar-refractivity contribution is 0.395. The minimum absolute atomic E-state index is 0.258. The van der Waals surface area contributed by atoms with Gasteiger partial charge >= 0.3 is 0 Å². The van der Waals surface area contributed by atoms with Crippen molar-refractivity contribution in [1.82, 2.24) is 0 Å². The maximum Gasteiger partial charge on any atom is 0.127 e. The molecule has 198 valence electrons. The predicted molar refractivity (Wildman–Crippen MR) is 149 cm³/mol. The molecule has 0 heterocycles. The second-order valence-corrected chi connectivity index (χ2v) is 9.06. The molecule has 4 aromatic carbocycles. The van der Waals surface area contributed by atoms with E-state index >= 15 is 0 Å². The Morgan fingerprint density at radius 1 is 0.447 bits per heavy atom. The molecular weight excluding hydrogens is 480 g/mol. The van der Waals surface area contributed by atoms with Gasteiger partial charge in [0.25, 0.3) is 0 Å². The van der Waals surface area contributed by atoms with Gasteiger partial charge in [0.05, 0.1) is 28.4 Å². The van der Waals surface area contributed by atoms with Gasteiger partial charge in [0.2, 0.25) is 0 Å². The van der Waals surface area contributed by atoms with Crippen molar-refractivity contribution in [1.29, 1.82) is 0 Å². The Labute approximate surface area is 224 Å². The van der Waals surface area contributed by atoms with Crippen LogP contribution in [0.4, 0.5) is 0 Å². The van der Waals surface area contributed by atoms with E-state index in [1.165, 1.54) is 0 Å². The molecule has 0 unspecified atom stereocenters. The molecule has 0 aliphatic rings. The number of aryl methyl sites for hydroxylation is 4. The van der Waals surface area contributed by atoms with Crippen molar-refractivity contribution >= 4 is 0 Å². The number of rotatable bonds is 11. The second kappa shape index (κ2) is 12.3. The van der Waals surface area contributed by atoms with E-state index < -0.39 is 0 Å². The zero-order chi connectivity index (χ0) is 27.1. The van der Waals surface area contributed by atoms with Crippen LogP contribution in [0.25, 0.3) is 11.1 Å². The zero-order valence-electron chi connectivity index (χ0n) is 22.3. The predicted octanol–water partition coefficient (Wildman–Crippen LogP) is 6.37. The highest BCUT2D eigenvalue weighted by Crippen LogP contribution is 2.43. The van der Waals surface area contributed by atoms with Crippen LogP contribution in [0.5, 0.6) is 34.5 Å². The molecule has 6 nitrogen and oxygen atoms in total. The van der Waals surface area contributed by atoms with Gasteiger partial charge in [-0.2, -0.15) is 0 Å². The van der Waals surface area contributed by atoms with Crippen molar-refractivity contribution in [2.75, 3.05) is 28.4 Å². The average Bonchev–Trinajstić information content (AvgIpc) is 2.95. The topological polar surface area (TPSA) is 77.4 Å². The Bertz CT molecular complexity index is 1250. The van der Waals surface area contributed by atoms with Crippen LogP contribution in [-0.4, -0.2) is 38.7 Å². The summed E-state index contributed by atoms with van der Waals surface area (Å²) in [5.41, 5.74) is 6.00. The summed E-state index contributed by atoms with van der Waals surface area (Å²) in [5, 5.41) is 19.1. The highest BCUT2D eigenvalue weighted by atomic mass is 16.5. The number of hydrogen-bond donors (Lipinski definition) is 2. The van der Waals surface area contributed by atoms with Gasteiger partial charge in [-0.1, -0.05) is 24.3 Å². The van der Waals surface area contributed by atoms with Crippen LogP contribution >= 0.6 is 0 Å². The zero-order valence-corrected chi connectivity index (χ0v) is 22.3. The molecule has 6 heteroatoms. The van der Waals surface area contributed by atoms with Gasteiger partial charge in [-0.05, 0) is 96.5 Å². The van der Waals surface area contributed by atoms with Crippen LogP contribution in [0.2, 0.25) is 0 Å². The SMILES string of the molecule is COc1cc(-c2cc(OC)c(CCc3ccc(O)cc3)cc2OC)c(OC)cc1CCc1ccc(O)cc1. The minimum atomic E-state index is 0.258. The molecule has 0 amide bonds. The molecule has 0 aliphatic heterocycles. The Kier molecular flexibility index (Phi) is 8.64. The molecule has 4 rings (SSSR count). The first-order chi connectivity index (χ1) is 18.4. The first kappa shape index (κ1) is 26.7. The van der Waals surface area contributed by atoms with E-state index in [1.807, 2.05) is 48.5 Å². The van der Waals surface area contributed by atoms with Crippen LogP contribution in [0.3, 0.4) is 0 Å². The summed E-state index contributed by atoms with van der Waals surface area (Å²) in [5.74, 6) is 3.46. The molecule has 0 saturated carbocycles. The normalized spacial score (nSPS) is 10.7. The maximum atomic E-state index is 9.56. The molecule has 2 N–H and O–H groups in total. The Balaban J connectivity index is 1.66. The van der Waals surface area contributed by atoms with Crippen LogP contribution < -0.4 is 18.9 Å². The molecule has 0 spiro atoms. The van der Waals surface area contributed by atoms with Gasteiger partial charge in [0.1, 0.15) is 34.5 Å². The van der Waals surface area contributed by atoms with E-state index in [4.69, 9.17) is 18.9 Å². The molecule has 38 heavy (non-hydrogen) atoms. The van der Waals surface area contributed by atoms with E-state index in [0.717, 1.165) is 70.6 Å². The van der Waals surface area contributed by atoms with E-state index in [9.17, 15) is 10.2 Å². The third kappa shape index (κ3) is 6.14. The minimum Gasteiger partial charge on any atom is -0.508 e. The number of phenols is 2. The van der Waals surface area contributed by atoms with Crippen molar-refractivity contribution in [3.05, 3.63) is 95.1 Å². The second-order valence-electron chi connectivity index (χ2n) is 9.06. The maximum absolute atomic E-state index is 9.56. The van der Waals surface area contributed by atoms with Crippen LogP contribution in [-0.2, 0) is 25.7 Å². The van der Waals surface area contributed by atoms with E-state index in [0.29, 0.717) is 11.5 Å². The number of benzene rings is 4. The largest absolute Gasteiger partial charge is 0.508 e. The fourth-order valence-corrected chi connectivity index (χ4v) is 4.62. The van der Waals surface area contributed by atoms with Crippen molar-refractivity contribution in [2.24, 2.45) is 0 Å². The van der Waals surface area contributed by atoms with Gasteiger partial charge in [0.15, 0.2) is 0 Å². The lowest BCUT2D eigenvalue weighted by atomic mass is 9.95. The van der Waals surface area contributed by atoms with E-state index in [1.54, 1.807) is 52.7 Å². The quantitative estimate of drug-likeness (QED) is 0.242. The summed E-state index contributed by atoms with van der Waals surface area (Å²) in [4.78, 5) is 0. The summed E-state index contributed by atoms with van der Waals surface area (Å²) < 4.78 is 23.2. The molecule has 0 radical (unpaired) electrons.